The largest absolute Gasteiger partial charge is 0.573 e. The van der Waals surface area contributed by atoms with Gasteiger partial charge in [-0.2, -0.15) is 0 Å². The second-order valence-corrected chi connectivity index (χ2v) is 5.54. The van der Waals surface area contributed by atoms with Gasteiger partial charge >= 0.3 is 6.36 Å². The van der Waals surface area contributed by atoms with Gasteiger partial charge in [0.05, 0.1) is 16.1 Å². The Morgan fingerprint density at radius 1 is 0.909 bits per heavy atom. The van der Waals surface area contributed by atoms with E-state index in [9.17, 15) is 13.2 Å². The molecule has 2 aromatic carbocycles. The maximum Gasteiger partial charge on any atom is 0.573 e. The average molecular weight is 371 g/mol. The molecule has 0 fully saturated rings. The zero-order valence-corrected chi connectivity index (χ0v) is 13.1. The number of rotatable bonds is 3. The van der Waals surface area contributed by atoms with E-state index in [1.54, 1.807) is 6.07 Å². The highest BCUT2D eigenvalue weighted by Gasteiger charge is 2.31. The van der Waals surface area contributed by atoms with Crippen molar-refractivity contribution < 1.29 is 17.9 Å². The quantitative estimate of drug-likeness (QED) is 0.714. The summed E-state index contributed by atoms with van der Waals surface area (Å²) in [6.07, 6.45) is -4.75. The van der Waals surface area contributed by atoms with E-state index >= 15 is 0 Å². The van der Waals surface area contributed by atoms with Crippen molar-refractivity contribution in [2.24, 2.45) is 5.73 Å². The summed E-state index contributed by atoms with van der Waals surface area (Å²) in [5.41, 5.74) is 6.99. The molecule has 118 valence electrons. The summed E-state index contributed by atoms with van der Waals surface area (Å²) in [5, 5.41) is 0.809. The van der Waals surface area contributed by atoms with Crippen LogP contribution in [-0.2, 0) is 0 Å². The van der Waals surface area contributed by atoms with E-state index in [0.29, 0.717) is 16.1 Å². The molecule has 22 heavy (non-hydrogen) atoms. The van der Waals surface area contributed by atoms with Crippen molar-refractivity contribution in [3.05, 3.63) is 62.6 Å². The van der Waals surface area contributed by atoms with Crippen molar-refractivity contribution in [3.63, 3.8) is 0 Å². The Balaban J connectivity index is 2.31. The third kappa shape index (κ3) is 3.98. The Bertz CT molecular complexity index is 674. The molecule has 2 N–H and O–H groups in total. The minimum atomic E-state index is -4.75. The third-order valence-electron chi connectivity index (χ3n) is 2.86. The van der Waals surface area contributed by atoms with Crippen LogP contribution in [0.1, 0.15) is 17.2 Å². The van der Waals surface area contributed by atoms with E-state index < -0.39 is 12.4 Å². The van der Waals surface area contributed by atoms with Gasteiger partial charge in [-0.3, -0.25) is 0 Å². The lowest BCUT2D eigenvalue weighted by atomic mass is 9.99. The van der Waals surface area contributed by atoms with Gasteiger partial charge in [-0.05, 0) is 29.8 Å². The van der Waals surface area contributed by atoms with Crippen molar-refractivity contribution >= 4 is 34.8 Å². The number of alkyl halides is 3. The highest BCUT2D eigenvalue weighted by molar-refractivity contribution is 6.44. The van der Waals surface area contributed by atoms with Crippen LogP contribution in [0.4, 0.5) is 13.2 Å². The van der Waals surface area contributed by atoms with Crippen LogP contribution in [0.2, 0.25) is 15.1 Å². The van der Waals surface area contributed by atoms with Crippen LogP contribution in [0, 0.1) is 0 Å². The van der Waals surface area contributed by atoms with Crippen LogP contribution in [0.15, 0.2) is 36.4 Å². The zero-order valence-electron chi connectivity index (χ0n) is 10.8. The van der Waals surface area contributed by atoms with Gasteiger partial charge in [0.15, 0.2) is 0 Å². The van der Waals surface area contributed by atoms with E-state index in [-0.39, 0.29) is 15.8 Å². The number of halogens is 6. The van der Waals surface area contributed by atoms with Crippen LogP contribution in [-0.4, -0.2) is 6.36 Å². The van der Waals surface area contributed by atoms with Gasteiger partial charge in [-0.1, -0.05) is 46.9 Å². The Hall–Kier alpha value is -1.14. The summed E-state index contributed by atoms with van der Waals surface area (Å²) < 4.78 is 40.2. The Kier molecular flexibility index (Phi) is 5.12. The molecule has 0 amide bonds. The van der Waals surface area contributed by atoms with Crippen LogP contribution < -0.4 is 10.5 Å². The minimum Gasteiger partial charge on any atom is -0.406 e. The normalized spacial score (nSPS) is 13.0. The zero-order chi connectivity index (χ0) is 16.5. The van der Waals surface area contributed by atoms with Gasteiger partial charge in [0, 0.05) is 10.6 Å². The minimum absolute atomic E-state index is 0.206. The Labute approximate surface area is 139 Å². The van der Waals surface area contributed by atoms with Gasteiger partial charge in [0.25, 0.3) is 0 Å². The molecule has 2 rings (SSSR count). The third-order valence-corrected chi connectivity index (χ3v) is 4.01. The summed E-state index contributed by atoms with van der Waals surface area (Å²) in [6, 6.07) is 7.47. The molecule has 0 unspecified atom stereocenters. The molecule has 0 aliphatic carbocycles. The van der Waals surface area contributed by atoms with Crippen LogP contribution in [0.5, 0.6) is 5.75 Å². The SMILES string of the molecule is N[C@H](c1ccc(OC(F)(F)F)cc1)c1c(Cl)ccc(Cl)c1Cl. The smallest absolute Gasteiger partial charge is 0.406 e. The molecule has 0 bridgehead atoms. The van der Waals surface area contributed by atoms with Crippen molar-refractivity contribution in [1.29, 1.82) is 0 Å². The highest BCUT2D eigenvalue weighted by Crippen LogP contribution is 2.37. The number of ether oxygens (including phenoxy) is 1. The lowest BCUT2D eigenvalue weighted by molar-refractivity contribution is -0.274. The fourth-order valence-electron chi connectivity index (χ4n) is 1.87. The van der Waals surface area contributed by atoms with Crippen LogP contribution in [0.3, 0.4) is 0 Å². The topological polar surface area (TPSA) is 35.2 Å². The average Bonchev–Trinajstić information content (AvgIpc) is 2.42. The molecule has 0 saturated carbocycles. The molecule has 0 heterocycles. The first-order chi connectivity index (χ1) is 10.2. The van der Waals surface area contributed by atoms with Crippen molar-refractivity contribution in [2.45, 2.75) is 12.4 Å². The van der Waals surface area contributed by atoms with E-state index in [0.717, 1.165) is 12.1 Å². The predicted octanol–water partition coefficient (Wildman–Crippen LogP) is 5.59. The second kappa shape index (κ2) is 6.54. The molecule has 0 saturated heterocycles. The number of nitrogens with two attached hydrogens (primary N) is 1. The first-order valence-corrected chi connectivity index (χ1v) is 7.07. The second-order valence-electron chi connectivity index (χ2n) is 4.35. The first kappa shape index (κ1) is 17.2. The Morgan fingerprint density at radius 3 is 2.00 bits per heavy atom. The maximum atomic E-state index is 12.1. The molecule has 2 nitrogen and oxygen atoms in total. The highest BCUT2D eigenvalue weighted by atomic mass is 35.5. The molecule has 2 aromatic rings. The summed E-state index contributed by atoms with van der Waals surface area (Å²) in [4.78, 5) is 0. The van der Waals surface area contributed by atoms with Crippen LogP contribution >= 0.6 is 34.8 Å². The summed E-state index contributed by atoms with van der Waals surface area (Å²) in [6.45, 7) is 0. The predicted molar refractivity (Wildman–Crippen MR) is 80.6 cm³/mol. The molecular formula is C14H9Cl3F3NO. The van der Waals surface area contributed by atoms with E-state index in [1.165, 1.54) is 18.2 Å². The standard InChI is InChI=1S/C14H9Cl3F3NO/c15-9-5-6-10(16)12(17)11(9)13(21)7-1-3-8(4-2-7)22-14(18,19)20/h1-6,13H,21H2/t13-/m1/s1. The monoisotopic (exact) mass is 369 g/mol. The van der Waals surface area contributed by atoms with Gasteiger partial charge in [0.2, 0.25) is 0 Å². The Morgan fingerprint density at radius 2 is 1.45 bits per heavy atom. The number of hydrogen-bond donors (Lipinski definition) is 1. The lowest BCUT2D eigenvalue weighted by Crippen LogP contribution is -2.17. The molecule has 0 aromatic heterocycles. The van der Waals surface area contributed by atoms with Gasteiger partial charge < -0.3 is 10.5 Å². The molecule has 0 radical (unpaired) electrons. The number of benzene rings is 2. The summed E-state index contributed by atoms with van der Waals surface area (Å²) in [7, 11) is 0. The first-order valence-electron chi connectivity index (χ1n) is 5.93. The van der Waals surface area contributed by atoms with Gasteiger partial charge in [0.1, 0.15) is 5.75 Å². The van der Waals surface area contributed by atoms with Crippen molar-refractivity contribution in [1.82, 2.24) is 0 Å². The van der Waals surface area contributed by atoms with Crippen LogP contribution in [0.25, 0.3) is 0 Å². The van der Waals surface area contributed by atoms with E-state index in [1.807, 2.05) is 0 Å². The molecule has 0 aliphatic heterocycles. The lowest BCUT2D eigenvalue weighted by Gasteiger charge is -2.17. The number of hydrogen-bond acceptors (Lipinski definition) is 2. The fraction of sp³-hybridized carbons (Fsp3) is 0.143. The van der Waals surface area contributed by atoms with Crippen molar-refractivity contribution in [2.75, 3.05) is 0 Å². The molecule has 1 atom stereocenters. The fourth-order valence-corrected chi connectivity index (χ4v) is 2.64. The summed E-state index contributed by atoms with van der Waals surface area (Å²) >= 11 is 18.1. The molecule has 0 aliphatic rings. The van der Waals surface area contributed by atoms with Gasteiger partial charge in [-0.25, -0.2) is 0 Å². The van der Waals surface area contributed by atoms with E-state index in [4.69, 9.17) is 40.5 Å². The molecule has 8 heteroatoms. The van der Waals surface area contributed by atoms with Crippen molar-refractivity contribution in [3.8, 4) is 5.75 Å². The van der Waals surface area contributed by atoms with E-state index in [2.05, 4.69) is 4.74 Å². The molecular weight excluding hydrogens is 362 g/mol. The molecule has 0 spiro atoms. The van der Waals surface area contributed by atoms with Gasteiger partial charge in [-0.15, -0.1) is 13.2 Å². The maximum absolute atomic E-state index is 12.1. The summed E-state index contributed by atoms with van der Waals surface area (Å²) in [5.74, 6) is -0.341.